The van der Waals surface area contributed by atoms with Crippen LogP contribution in [-0.2, 0) is 6.54 Å². The highest BCUT2D eigenvalue weighted by Crippen LogP contribution is 2.16. The average Bonchev–Trinajstić information content (AvgIpc) is 2.82. The van der Waals surface area contributed by atoms with Gasteiger partial charge in [-0.25, -0.2) is 0 Å². The number of anilines is 1. The molecule has 0 amide bonds. The molecule has 4 heteroatoms. The summed E-state index contributed by atoms with van der Waals surface area (Å²) < 4.78 is 5.31. The van der Waals surface area contributed by atoms with Crippen molar-refractivity contribution in [2.45, 2.75) is 19.5 Å². The molecule has 0 fully saturated rings. The Morgan fingerprint density at radius 2 is 2.24 bits per heavy atom. The highest BCUT2D eigenvalue weighted by atomic mass is 16.3. The van der Waals surface area contributed by atoms with Crippen molar-refractivity contribution in [1.29, 1.82) is 0 Å². The van der Waals surface area contributed by atoms with Gasteiger partial charge in [0.2, 0.25) is 0 Å². The Kier molecular flexibility index (Phi) is 3.44. The van der Waals surface area contributed by atoms with Crippen LogP contribution in [-0.4, -0.2) is 12.0 Å². The fourth-order valence-electron chi connectivity index (χ4n) is 1.62. The lowest BCUT2D eigenvalue weighted by Crippen LogP contribution is -2.16. The second-order valence-electron chi connectivity index (χ2n) is 4.17. The van der Waals surface area contributed by atoms with E-state index in [1.807, 2.05) is 44.4 Å². The fraction of sp³-hybridized carbons (Fsp3) is 0.308. The molecule has 0 saturated carbocycles. The summed E-state index contributed by atoms with van der Waals surface area (Å²) >= 11 is 0. The molecule has 2 aromatic heterocycles. The van der Waals surface area contributed by atoms with Crippen LogP contribution in [0.5, 0.6) is 0 Å². The van der Waals surface area contributed by atoms with Gasteiger partial charge in [-0.05, 0) is 31.2 Å². The predicted octanol–water partition coefficient (Wildman–Crippen LogP) is 2.33. The monoisotopic (exact) mass is 231 g/mol. The summed E-state index contributed by atoms with van der Waals surface area (Å²) in [7, 11) is 2.01. The first-order chi connectivity index (χ1) is 8.16. The molecule has 0 spiro atoms. The lowest BCUT2D eigenvalue weighted by Gasteiger charge is -2.18. The van der Waals surface area contributed by atoms with Crippen LogP contribution in [0.4, 0.5) is 5.69 Å². The number of nitrogens with zero attached hydrogens (tertiary/aromatic N) is 2. The van der Waals surface area contributed by atoms with Crippen molar-refractivity contribution in [3.05, 3.63) is 48.2 Å². The zero-order chi connectivity index (χ0) is 12.3. The lowest BCUT2D eigenvalue weighted by atomic mass is 10.2. The number of aromatic nitrogens is 1. The highest BCUT2D eigenvalue weighted by molar-refractivity contribution is 5.44. The largest absolute Gasteiger partial charge is 0.467 e. The van der Waals surface area contributed by atoms with Crippen LogP contribution in [0.25, 0.3) is 0 Å². The lowest BCUT2D eigenvalue weighted by molar-refractivity contribution is 0.507. The van der Waals surface area contributed by atoms with E-state index in [4.69, 9.17) is 10.2 Å². The van der Waals surface area contributed by atoms with Gasteiger partial charge in [-0.2, -0.15) is 0 Å². The van der Waals surface area contributed by atoms with Crippen LogP contribution in [0.3, 0.4) is 0 Å². The zero-order valence-corrected chi connectivity index (χ0v) is 10.1. The Morgan fingerprint density at radius 3 is 2.76 bits per heavy atom. The number of pyridine rings is 1. The van der Waals surface area contributed by atoms with Crippen molar-refractivity contribution in [2.75, 3.05) is 11.9 Å². The van der Waals surface area contributed by atoms with Crippen molar-refractivity contribution < 1.29 is 4.42 Å². The molecule has 0 aliphatic heterocycles. The summed E-state index contributed by atoms with van der Waals surface area (Å²) in [6.45, 7) is 2.65. The van der Waals surface area contributed by atoms with Gasteiger partial charge >= 0.3 is 0 Å². The number of rotatable bonds is 4. The molecule has 4 nitrogen and oxygen atoms in total. The molecule has 0 radical (unpaired) electrons. The van der Waals surface area contributed by atoms with Gasteiger partial charge in [0, 0.05) is 13.1 Å². The summed E-state index contributed by atoms with van der Waals surface area (Å²) in [6, 6.07) is 7.80. The molecule has 2 rings (SSSR count). The van der Waals surface area contributed by atoms with Crippen molar-refractivity contribution in [2.24, 2.45) is 5.73 Å². The molecular weight excluding hydrogens is 214 g/mol. The van der Waals surface area contributed by atoms with E-state index in [1.165, 1.54) is 0 Å². The zero-order valence-electron chi connectivity index (χ0n) is 10.1. The summed E-state index contributed by atoms with van der Waals surface area (Å²) in [5.74, 6) is 0.934. The Bertz CT molecular complexity index is 448. The molecule has 2 N–H and O–H groups in total. The SMILES string of the molecule is CC(N)c1ccc(N(C)Cc2ccco2)cn1. The van der Waals surface area contributed by atoms with Crippen LogP contribution in [0.15, 0.2) is 41.1 Å². The third-order valence-corrected chi connectivity index (χ3v) is 2.65. The van der Waals surface area contributed by atoms with E-state index in [-0.39, 0.29) is 6.04 Å². The number of furan rings is 1. The van der Waals surface area contributed by atoms with Gasteiger partial charge in [-0.1, -0.05) is 0 Å². The summed E-state index contributed by atoms with van der Waals surface area (Å²) in [4.78, 5) is 6.41. The minimum Gasteiger partial charge on any atom is -0.467 e. The third-order valence-electron chi connectivity index (χ3n) is 2.65. The summed E-state index contributed by atoms with van der Waals surface area (Å²) in [5, 5.41) is 0. The van der Waals surface area contributed by atoms with E-state index in [9.17, 15) is 0 Å². The van der Waals surface area contributed by atoms with Gasteiger partial charge in [0.05, 0.1) is 30.4 Å². The molecule has 90 valence electrons. The number of hydrogen-bond acceptors (Lipinski definition) is 4. The van der Waals surface area contributed by atoms with E-state index in [2.05, 4.69) is 9.88 Å². The molecule has 0 bridgehead atoms. The van der Waals surface area contributed by atoms with E-state index in [0.29, 0.717) is 0 Å². The smallest absolute Gasteiger partial charge is 0.123 e. The summed E-state index contributed by atoms with van der Waals surface area (Å²) in [6.07, 6.45) is 3.52. The van der Waals surface area contributed by atoms with E-state index >= 15 is 0 Å². The molecule has 17 heavy (non-hydrogen) atoms. The quantitative estimate of drug-likeness (QED) is 0.877. The number of hydrogen-bond donors (Lipinski definition) is 1. The number of nitrogens with two attached hydrogens (primary N) is 1. The molecule has 0 aliphatic rings. The minimum atomic E-state index is -0.0283. The molecule has 1 atom stereocenters. The minimum absolute atomic E-state index is 0.0283. The second kappa shape index (κ2) is 5.01. The Labute approximate surface area is 101 Å². The molecule has 1 unspecified atom stereocenters. The van der Waals surface area contributed by atoms with Crippen LogP contribution in [0.2, 0.25) is 0 Å². The van der Waals surface area contributed by atoms with Gasteiger partial charge in [0.1, 0.15) is 5.76 Å². The first-order valence-electron chi connectivity index (χ1n) is 5.62. The van der Waals surface area contributed by atoms with Crippen LogP contribution >= 0.6 is 0 Å². The van der Waals surface area contributed by atoms with Crippen LogP contribution < -0.4 is 10.6 Å². The maximum absolute atomic E-state index is 5.76. The van der Waals surface area contributed by atoms with Crippen molar-refractivity contribution >= 4 is 5.69 Å². The molecule has 0 aliphatic carbocycles. The molecular formula is C13H17N3O. The van der Waals surface area contributed by atoms with Crippen LogP contribution in [0.1, 0.15) is 24.4 Å². The second-order valence-corrected chi connectivity index (χ2v) is 4.17. The fourth-order valence-corrected chi connectivity index (χ4v) is 1.62. The average molecular weight is 231 g/mol. The maximum atomic E-state index is 5.76. The molecule has 2 heterocycles. The van der Waals surface area contributed by atoms with Gasteiger partial charge in [0.25, 0.3) is 0 Å². The van der Waals surface area contributed by atoms with E-state index < -0.39 is 0 Å². The highest BCUT2D eigenvalue weighted by Gasteiger charge is 2.06. The molecule has 2 aromatic rings. The van der Waals surface area contributed by atoms with Gasteiger partial charge < -0.3 is 15.1 Å². The Morgan fingerprint density at radius 1 is 1.41 bits per heavy atom. The third kappa shape index (κ3) is 2.85. The first-order valence-corrected chi connectivity index (χ1v) is 5.62. The topological polar surface area (TPSA) is 55.3 Å². The van der Waals surface area contributed by atoms with E-state index in [0.717, 1.165) is 23.7 Å². The molecule has 0 aromatic carbocycles. The maximum Gasteiger partial charge on any atom is 0.123 e. The predicted molar refractivity (Wildman–Crippen MR) is 67.7 cm³/mol. The van der Waals surface area contributed by atoms with Gasteiger partial charge in [-0.15, -0.1) is 0 Å². The normalized spacial score (nSPS) is 12.4. The standard InChI is InChI=1S/C13H17N3O/c1-10(14)13-6-5-11(8-15-13)16(2)9-12-4-3-7-17-12/h3-8,10H,9,14H2,1-2H3. The van der Waals surface area contributed by atoms with Gasteiger partial charge in [0.15, 0.2) is 0 Å². The Balaban J connectivity index is 2.06. The molecule has 0 saturated heterocycles. The van der Waals surface area contributed by atoms with Crippen LogP contribution in [0, 0.1) is 0 Å². The van der Waals surface area contributed by atoms with Crippen molar-refractivity contribution in [3.63, 3.8) is 0 Å². The Hall–Kier alpha value is -1.81. The van der Waals surface area contributed by atoms with E-state index in [1.54, 1.807) is 6.26 Å². The first kappa shape index (κ1) is 11.7. The summed E-state index contributed by atoms with van der Waals surface area (Å²) in [5.41, 5.74) is 7.71. The van der Waals surface area contributed by atoms with Crippen molar-refractivity contribution in [1.82, 2.24) is 4.98 Å². The van der Waals surface area contributed by atoms with Gasteiger partial charge in [-0.3, -0.25) is 4.98 Å². The van der Waals surface area contributed by atoms with Crippen molar-refractivity contribution in [3.8, 4) is 0 Å².